The highest BCUT2D eigenvalue weighted by molar-refractivity contribution is 5.49. The third-order valence-corrected chi connectivity index (χ3v) is 4.01. The Hall–Kier alpha value is -2.03. The molecule has 0 nitrogen and oxygen atoms in total. The van der Waals surface area contributed by atoms with Crippen molar-refractivity contribution in [1.82, 2.24) is 0 Å². The van der Waals surface area contributed by atoms with Gasteiger partial charge in [-0.3, -0.25) is 0 Å². The van der Waals surface area contributed by atoms with Crippen molar-refractivity contribution in [1.29, 1.82) is 0 Å². The van der Waals surface area contributed by atoms with Gasteiger partial charge in [0.25, 0.3) is 0 Å². The number of aryl methyl sites for hydroxylation is 2. The van der Waals surface area contributed by atoms with E-state index in [1.807, 2.05) is 24.3 Å². The van der Waals surface area contributed by atoms with E-state index >= 15 is 0 Å². The minimum absolute atomic E-state index is 0.464. The van der Waals surface area contributed by atoms with Crippen LogP contribution in [0.4, 0.5) is 13.2 Å². The lowest BCUT2D eigenvalue weighted by Crippen LogP contribution is -1.97. The molecular weight excluding hydrogens is 309 g/mol. The summed E-state index contributed by atoms with van der Waals surface area (Å²) in [6.45, 7) is 2.19. The molecule has 0 aliphatic rings. The molecule has 0 saturated carbocycles. The van der Waals surface area contributed by atoms with Crippen LogP contribution >= 0.6 is 0 Å². The molecule has 0 unspecified atom stereocenters. The number of benzene rings is 2. The van der Waals surface area contributed by atoms with Crippen molar-refractivity contribution >= 4 is 6.08 Å². The molecule has 0 fully saturated rings. The highest BCUT2D eigenvalue weighted by Crippen LogP contribution is 2.16. The predicted octanol–water partition coefficient (Wildman–Crippen LogP) is 6.48. The smallest absolute Gasteiger partial charge is 0.194 e. The Morgan fingerprint density at radius 2 is 1.46 bits per heavy atom. The number of rotatable bonds is 8. The van der Waals surface area contributed by atoms with E-state index in [9.17, 15) is 13.2 Å². The Kier molecular flexibility index (Phi) is 7.10. The fraction of sp³-hybridized carbons (Fsp3) is 0.333. The second kappa shape index (κ2) is 9.31. The van der Waals surface area contributed by atoms with Gasteiger partial charge in [-0.1, -0.05) is 56.2 Å². The Labute approximate surface area is 142 Å². The Balaban J connectivity index is 1.88. The van der Waals surface area contributed by atoms with E-state index in [4.69, 9.17) is 0 Å². The summed E-state index contributed by atoms with van der Waals surface area (Å²) in [5, 5.41) is 0. The maximum absolute atomic E-state index is 13.2. The van der Waals surface area contributed by atoms with E-state index in [-0.39, 0.29) is 0 Å². The fourth-order valence-electron chi connectivity index (χ4n) is 2.57. The first kappa shape index (κ1) is 18.3. The molecule has 0 bridgehead atoms. The predicted molar refractivity (Wildman–Crippen MR) is 93.3 cm³/mol. The lowest BCUT2D eigenvalue weighted by molar-refractivity contribution is 0.445. The molecule has 3 heteroatoms. The molecule has 0 spiro atoms. The van der Waals surface area contributed by atoms with Gasteiger partial charge in [0.15, 0.2) is 17.5 Å². The van der Waals surface area contributed by atoms with Crippen LogP contribution in [-0.2, 0) is 12.8 Å². The van der Waals surface area contributed by atoms with Crippen LogP contribution in [-0.4, -0.2) is 0 Å². The number of unbranched alkanes of at least 4 members (excludes halogenated alkanes) is 3. The molecule has 2 aromatic carbocycles. The highest BCUT2D eigenvalue weighted by Gasteiger charge is 2.10. The van der Waals surface area contributed by atoms with Crippen LogP contribution in [0.5, 0.6) is 0 Å². The SMILES string of the molecule is CCCCC/C=C/c1ccc(CCc2cc(F)c(F)c(F)c2)cc1. The van der Waals surface area contributed by atoms with Crippen LogP contribution in [0.1, 0.15) is 49.3 Å². The second-order valence-electron chi connectivity index (χ2n) is 6.01. The molecule has 0 amide bonds. The third kappa shape index (κ3) is 5.55. The first-order valence-electron chi connectivity index (χ1n) is 8.49. The zero-order valence-electron chi connectivity index (χ0n) is 14.0. The van der Waals surface area contributed by atoms with Crippen LogP contribution in [0, 0.1) is 17.5 Å². The molecule has 2 aromatic rings. The largest absolute Gasteiger partial charge is 0.204 e. The van der Waals surface area contributed by atoms with Crippen molar-refractivity contribution in [2.45, 2.75) is 45.4 Å². The maximum atomic E-state index is 13.2. The summed E-state index contributed by atoms with van der Waals surface area (Å²) in [5.41, 5.74) is 2.70. The summed E-state index contributed by atoms with van der Waals surface area (Å²) in [4.78, 5) is 0. The van der Waals surface area contributed by atoms with Gasteiger partial charge in [-0.2, -0.15) is 0 Å². The number of allylic oxidation sites excluding steroid dienone is 1. The maximum Gasteiger partial charge on any atom is 0.194 e. The normalized spacial score (nSPS) is 11.3. The van der Waals surface area contributed by atoms with Crippen molar-refractivity contribution in [3.63, 3.8) is 0 Å². The molecule has 2 rings (SSSR count). The fourth-order valence-corrected chi connectivity index (χ4v) is 2.57. The molecule has 0 heterocycles. The summed E-state index contributed by atoms with van der Waals surface area (Å²) in [5.74, 6) is -3.67. The van der Waals surface area contributed by atoms with Gasteiger partial charge < -0.3 is 0 Å². The third-order valence-electron chi connectivity index (χ3n) is 4.01. The van der Waals surface area contributed by atoms with E-state index < -0.39 is 17.5 Å². The van der Waals surface area contributed by atoms with Crippen LogP contribution in [0.15, 0.2) is 42.5 Å². The van der Waals surface area contributed by atoms with Crippen molar-refractivity contribution in [2.24, 2.45) is 0 Å². The lowest BCUT2D eigenvalue weighted by Gasteiger charge is -2.05. The Morgan fingerprint density at radius 3 is 2.08 bits per heavy atom. The molecule has 0 N–H and O–H groups in total. The molecule has 0 saturated heterocycles. The zero-order chi connectivity index (χ0) is 17.4. The molecule has 128 valence electrons. The number of hydrogen-bond acceptors (Lipinski definition) is 0. The van der Waals surface area contributed by atoms with Gasteiger partial charge in [0, 0.05) is 0 Å². The quantitative estimate of drug-likeness (QED) is 0.383. The lowest BCUT2D eigenvalue weighted by atomic mass is 10.0. The van der Waals surface area contributed by atoms with Crippen molar-refractivity contribution < 1.29 is 13.2 Å². The van der Waals surface area contributed by atoms with Gasteiger partial charge in [-0.25, -0.2) is 13.2 Å². The standard InChI is InChI=1S/C21H23F3/c1-2-3-4-5-6-7-16-8-10-17(11-9-16)12-13-18-14-19(22)21(24)20(23)15-18/h6-11,14-15H,2-5,12-13H2,1H3/b7-6+. The minimum Gasteiger partial charge on any atom is -0.204 e. The molecule has 24 heavy (non-hydrogen) atoms. The monoisotopic (exact) mass is 332 g/mol. The molecule has 0 atom stereocenters. The van der Waals surface area contributed by atoms with Crippen LogP contribution in [0.2, 0.25) is 0 Å². The van der Waals surface area contributed by atoms with Gasteiger partial charge in [0.05, 0.1) is 0 Å². The van der Waals surface area contributed by atoms with Gasteiger partial charge >= 0.3 is 0 Å². The first-order chi connectivity index (χ1) is 11.6. The highest BCUT2D eigenvalue weighted by atomic mass is 19.2. The van der Waals surface area contributed by atoms with E-state index in [1.54, 1.807) is 0 Å². The molecule has 0 radical (unpaired) electrons. The van der Waals surface area contributed by atoms with E-state index in [1.165, 1.54) is 19.3 Å². The van der Waals surface area contributed by atoms with Crippen molar-refractivity contribution in [3.05, 3.63) is 76.6 Å². The summed E-state index contributed by atoms with van der Waals surface area (Å²) >= 11 is 0. The summed E-state index contributed by atoms with van der Waals surface area (Å²) in [6.07, 6.45) is 10.2. The Morgan fingerprint density at radius 1 is 0.833 bits per heavy atom. The van der Waals surface area contributed by atoms with E-state index in [0.29, 0.717) is 18.4 Å². The van der Waals surface area contributed by atoms with Gasteiger partial charge in [-0.05, 0) is 54.5 Å². The van der Waals surface area contributed by atoms with E-state index in [0.717, 1.165) is 29.7 Å². The van der Waals surface area contributed by atoms with E-state index in [2.05, 4.69) is 19.1 Å². The van der Waals surface area contributed by atoms with Crippen LogP contribution < -0.4 is 0 Å². The molecule has 0 aliphatic carbocycles. The van der Waals surface area contributed by atoms with Gasteiger partial charge in [0.2, 0.25) is 0 Å². The van der Waals surface area contributed by atoms with Crippen LogP contribution in [0.25, 0.3) is 6.08 Å². The average Bonchev–Trinajstić information content (AvgIpc) is 2.58. The summed E-state index contributed by atoms with van der Waals surface area (Å²) < 4.78 is 39.3. The second-order valence-corrected chi connectivity index (χ2v) is 6.01. The van der Waals surface area contributed by atoms with Crippen molar-refractivity contribution in [2.75, 3.05) is 0 Å². The Bertz CT molecular complexity index is 649. The van der Waals surface area contributed by atoms with Crippen molar-refractivity contribution in [3.8, 4) is 0 Å². The van der Waals surface area contributed by atoms with Crippen LogP contribution in [0.3, 0.4) is 0 Å². The molecule has 0 aromatic heterocycles. The average molecular weight is 332 g/mol. The molecule has 0 aliphatic heterocycles. The number of halogens is 3. The summed E-state index contributed by atoms with van der Waals surface area (Å²) in [6, 6.07) is 10.2. The summed E-state index contributed by atoms with van der Waals surface area (Å²) in [7, 11) is 0. The number of hydrogen-bond donors (Lipinski definition) is 0. The van der Waals surface area contributed by atoms with Gasteiger partial charge in [-0.15, -0.1) is 0 Å². The minimum atomic E-state index is -1.41. The first-order valence-corrected chi connectivity index (χ1v) is 8.49. The molecular formula is C21H23F3. The topological polar surface area (TPSA) is 0 Å². The van der Waals surface area contributed by atoms with Gasteiger partial charge in [0.1, 0.15) is 0 Å². The zero-order valence-corrected chi connectivity index (χ0v) is 14.0.